The van der Waals surface area contributed by atoms with Crippen LogP contribution in [0.2, 0.25) is 0 Å². The Morgan fingerprint density at radius 1 is 1.16 bits per heavy atom. The van der Waals surface area contributed by atoms with Crippen molar-refractivity contribution in [3.8, 4) is 17.1 Å². The molecule has 2 aromatic carbocycles. The number of oxazole rings is 1. The highest BCUT2D eigenvalue weighted by Gasteiger charge is 2.14. The maximum absolute atomic E-state index is 12.1. The second-order valence-corrected chi connectivity index (χ2v) is 5.83. The normalized spacial score (nSPS) is 11.9. The molecule has 0 spiro atoms. The number of hydrogen-bond acceptors (Lipinski definition) is 4. The summed E-state index contributed by atoms with van der Waals surface area (Å²) in [6.07, 6.45) is 2.37. The maximum Gasteiger partial charge on any atom is 0.220 e. The van der Waals surface area contributed by atoms with Crippen molar-refractivity contribution in [2.24, 2.45) is 0 Å². The largest absolute Gasteiger partial charge is 0.508 e. The average molecular weight is 336 g/mol. The third-order valence-corrected chi connectivity index (χ3v) is 3.96. The van der Waals surface area contributed by atoms with Crippen molar-refractivity contribution in [1.29, 1.82) is 0 Å². The predicted molar refractivity (Wildman–Crippen MR) is 94.9 cm³/mol. The quantitative estimate of drug-likeness (QED) is 0.717. The van der Waals surface area contributed by atoms with E-state index in [-0.39, 0.29) is 24.1 Å². The number of aryl methyl sites for hydroxylation is 1. The predicted octanol–water partition coefficient (Wildman–Crippen LogP) is 3.86. The van der Waals surface area contributed by atoms with Crippen LogP contribution >= 0.6 is 0 Å². The zero-order chi connectivity index (χ0) is 17.6. The van der Waals surface area contributed by atoms with Crippen LogP contribution < -0.4 is 5.32 Å². The van der Waals surface area contributed by atoms with Crippen LogP contribution in [0.3, 0.4) is 0 Å². The number of nitrogens with zero attached hydrogens (tertiary/aromatic N) is 1. The van der Waals surface area contributed by atoms with Crippen molar-refractivity contribution in [1.82, 2.24) is 10.3 Å². The fraction of sp³-hybridized carbons (Fsp3) is 0.200. The van der Waals surface area contributed by atoms with E-state index in [1.807, 2.05) is 43.3 Å². The van der Waals surface area contributed by atoms with E-state index in [9.17, 15) is 9.90 Å². The summed E-state index contributed by atoms with van der Waals surface area (Å²) >= 11 is 0. The van der Waals surface area contributed by atoms with Gasteiger partial charge in [-0.05, 0) is 13.0 Å². The number of para-hydroxylation sites is 1. The van der Waals surface area contributed by atoms with Crippen LogP contribution in [0.15, 0.2) is 65.2 Å². The van der Waals surface area contributed by atoms with E-state index >= 15 is 0 Å². The van der Waals surface area contributed by atoms with Gasteiger partial charge in [0.1, 0.15) is 5.75 Å². The summed E-state index contributed by atoms with van der Waals surface area (Å²) in [4.78, 5) is 16.4. The number of carbonyl (C=O) groups excluding carboxylic acids is 1. The first kappa shape index (κ1) is 16.8. The number of carbonyl (C=O) groups is 1. The molecule has 25 heavy (non-hydrogen) atoms. The van der Waals surface area contributed by atoms with E-state index in [2.05, 4.69) is 10.3 Å². The fourth-order valence-corrected chi connectivity index (χ4v) is 2.63. The molecule has 0 aliphatic heterocycles. The summed E-state index contributed by atoms with van der Waals surface area (Å²) in [6, 6.07) is 16.4. The zero-order valence-electron chi connectivity index (χ0n) is 14.0. The van der Waals surface area contributed by atoms with Crippen LogP contribution in [0.5, 0.6) is 5.75 Å². The summed E-state index contributed by atoms with van der Waals surface area (Å²) in [7, 11) is 0. The van der Waals surface area contributed by atoms with Crippen LogP contribution in [0.1, 0.15) is 30.8 Å². The maximum atomic E-state index is 12.1. The Morgan fingerprint density at radius 2 is 1.88 bits per heavy atom. The van der Waals surface area contributed by atoms with Gasteiger partial charge < -0.3 is 14.8 Å². The van der Waals surface area contributed by atoms with Crippen LogP contribution in [0.25, 0.3) is 11.3 Å². The lowest BCUT2D eigenvalue weighted by atomic mass is 10.1. The van der Waals surface area contributed by atoms with Gasteiger partial charge >= 0.3 is 0 Å². The van der Waals surface area contributed by atoms with E-state index in [1.165, 1.54) is 0 Å². The molecule has 1 heterocycles. The molecule has 0 unspecified atom stereocenters. The first-order chi connectivity index (χ1) is 12.1. The van der Waals surface area contributed by atoms with Gasteiger partial charge in [0.05, 0.1) is 12.2 Å². The molecular formula is C20H20N2O3. The molecule has 0 saturated heterocycles. The van der Waals surface area contributed by atoms with Gasteiger partial charge in [0.2, 0.25) is 5.91 Å². The van der Waals surface area contributed by atoms with Crippen molar-refractivity contribution in [3.05, 3.63) is 72.2 Å². The molecule has 0 fully saturated rings. The molecule has 1 aromatic heterocycles. The molecule has 3 aromatic rings. The third-order valence-electron chi connectivity index (χ3n) is 3.96. The minimum atomic E-state index is -0.266. The SMILES string of the molecule is C[C@@H](NC(=O)CCc1ncc(-c2ccccc2)o1)c1ccccc1O. The van der Waals surface area contributed by atoms with Gasteiger partial charge in [0.15, 0.2) is 11.7 Å². The summed E-state index contributed by atoms with van der Waals surface area (Å²) in [5.41, 5.74) is 1.65. The number of aromatic hydroxyl groups is 1. The highest BCUT2D eigenvalue weighted by molar-refractivity contribution is 5.76. The highest BCUT2D eigenvalue weighted by atomic mass is 16.4. The van der Waals surface area contributed by atoms with Crippen LogP contribution in [-0.2, 0) is 11.2 Å². The first-order valence-electron chi connectivity index (χ1n) is 8.21. The lowest BCUT2D eigenvalue weighted by Gasteiger charge is -2.15. The number of aromatic nitrogens is 1. The molecule has 1 atom stereocenters. The van der Waals surface area contributed by atoms with E-state index in [0.29, 0.717) is 23.6 Å². The second kappa shape index (κ2) is 7.66. The van der Waals surface area contributed by atoms with E-state index in [1.54, 1.807) is 24.4 Å². The summed E-state index contributed by atoms with van der Waals surface area (Å²) in [5.74, 6) is 1.29. The number of phenols is 1. The van der Waals surface area contributed by atoms with E-state index in [4.69, 9.17) is 4.42 Å². The van der Waals surface area contributed by atoms with Crippen LogP contribution in [-0.4, -0.2) is 16.0 Å². The Morgan fingerprint density at radius 3 is 2.64 bits per heavy atom. The lowest BCUT2D eigenvalue weighted by Crippen LogP contribution is -2.26. The van der Waals surface area contributed by atoms with Crippen molar-refractivity contribution in [2.75, 3.05) is 0 Å². The van der Waals surface area contributed by atoms with Crippen molar-refractivity contribution >= 4 is 5.91 Å². The van der Waals surface area contributed by atoms with Gasteiger partial charge in [-0.2, -0.15) is 0 Å². The lowest BCUT2D eigenvalue weighted by molar-refractivity contribution is -0.121. The molecule has 5 nitrogen and oxygen atoms in total. The second-order valence-electron chi connectivity index (χ2n) is 5.83. The number of amides is 1. The standard InChI is InChI=1S/C20H20N2O3/c1-14(16-9-5-6-10-17(16)23)22-19(24)11-12-20-21-13-18(25-20)15-7-3-2-4-8-15/h2-10,13-14,23H,11-12H2,1H3,(H,22,24)/t14-/m1/s1. The Kier molecular flexibility index (Phi) is 5.14. The molecule has 5 heteroatoms. The van der Waals surface area contributed by atoms with Gasteiger partial charge in [-0.1, -0.05) is 48.5 Å². The monoisotopic (exact) mass is 336 g/mol. The van der Waals surface area contributed by atoms with Crippen molar-refractivity contribution in [3.63, 3.8) is 0 Å². The van der Waals surface area contributed by atoms with E-state index < -0.39 is 0 Å². The number of rotatable bonds is 6. The minimum Gasteiger partial charge on any atom is -0.508 e. The molecule has 128 valence electrons. The van der Waals surface area contributed by atoms with E-state index in [0.717, 1.165) is 5.56 Å². The molecule has 0 bridgehead atoms. The number of nitrogens with one attached hydrogen (secondary N) is 1. The van der Waals surface area contributed by atoms with Gasteiger partial charge in [-0.25, -0.2) is 4.98 Å². The van der Waals surface area contributed by atoms with Gasteiger partial charge in [-0.15, -0.1) is 0 Å². The number of phenolic OH excluding ortho intramolecular Hbond substituents is 1. The Bertz CT molecular complexity index is 843. The molecule has 2 N–H and O–H groups in total. The summed E-state index contributed by atoms with van der Waals surface area (Å²) < 4.78 is 5.70. The number of benzene rings is 2. The number of hydrogen-bond donors (Lipinski definition) is 2. The molecule has 0 saturated carbocycles. The molecule has 0 aliphatic rings. The Balaban J connectivity index is 1.54. The molecule has 1 amide bonds. The Hall–Kier alpha value is -3.08. The van der Waals surface area contributed by atoms with Gasteiger partial charge in [0, 0.05) is 24.0 Å². The molecule has 0 radical (unpaired) electrons. The fourth-order valence-electron chi connectivity index (χ4n) is 2.63. The molecule has 0 aliphatic carbocycles. The average Bonchev–Trinajstić information content (AvgIpc) is 3.10. The van der Waals surface area contributed by atoms with Gasteiger partial charge in [0.25, 0.3) is 0 Å². The van der Waals surface area contributed by atoms with Crippen LogP contribution in [0.4, 0.5) is 0 Å². The smallest absolute Gasteiger partial charge is 0.220 e. The summed E-state index contributed by atoms with van der Waals surface area (Å²) in [6.45, 7) is 1.84. The van der Waals surface area contributed by atoms with Crippen molar-refractivity contribution < 1.29 is 14.3 Å². The highest BCUT2D eigenvalue weighted by Crippen LogP contribution is 2.23. The third kappa shape index (κ3) is 4.26. The van der Waals surface area contributed by atoms with Crippen molar-refractivity contribution in [2.45, 2.75) is 25.8 Å². The van der Waals surface area contributed by atoms with Crippen LogP contribution in [0, 0.1) is 0 Å². The molecular weight excluding hydrogens is 316 g/mol. The first-order valence-corrected chi connectivity index (χ1v) is 8.21. The minimum absolute atomic E-state index is 0.116. The molecule has 3 rings (SSSR count). The topological polar surface area (TPSA) is 75.4 Å². The summed E-state index contributed by atoms with van der Waals surface area (Å²) in [5, 5.41) is 12.7. The Labute approximate surface area is 146 Å². The zero-order valence-corrected chi connectivity index (χ0v) is 14.0. The van der Waals surface area contributed by atoms with Gasteiger partial charge in [-0.3, -0.25) is 4.79 Å².